The number of rotatable bonds is 3. The Labute approximate surface area is 87.0 Å². The van der Waals surface area contributed by atoms with Crippen molar-refractivity contribution in [2.75, 3.05) is 13.6 Å². The second-order valence-corrected chi connectivity index (χ2v) is 4.61. The SMILES string of the molecule is CNC/C=C/B1OC(C)(C)C(C)(C)O1. The highest BCUT2D eigenvalue weighted by atomic mass is 16.7. The summed E-state index contributed by atoms with van der Waals surface area (Å²) in [6, 6.07) is 0. The summed E-state index contributed by atoms with van der Waals surface area (Å²) < 4.78 is 11.5. The lowest BCUT2D eigenvalue weighted by Crippen LogP contribution is -2.41. The molecule has 14 heavy (non-hydrogen) atoms. The minimum Gasteiger partial charge on any atom is -0.400 e. The van der Waals surface area contributed by atoms with E-state index in [4.69, 9.17) is 9.31 Å². The predicted molar refractivity (Wildman–Crippen MR) is 59.1 cm³/mol. The molecule has 0 unspecified atom stereocenters. The van der Waals surface area contributed by atoms with Gasteiger partial charge < -0.3 is 14.6 Å². The first-order valence-electron chi connectivity index (χ1n) is 5.06. The Hall–Kier alpha value is -0.315. The fourth-order valence-electron chi connectivity index (χ4n) is 1.26. The van der Waals surface area contributed by atoms with Crippen LogP contribution < -0.4 is 5.32 Å². The van der Waals surface area contributed by atoms with Gasteiger partial charge in [0, 0.05) is 6.54 Å². The average Bonchev–Trinajstić information content (AvgIpc) is 2.21. The second-order valence-electron chi connectivity index (χ2n) is 4.61. The Bertz CT molecular complexity index is 210. The van der Waals surface area contributed by atoms with Crippen LogP contribution >= 0.6 is 0 Å². The van der Waals surface area contributed by atoms with E-state index in [1.165, 1.54) is 0 Å². The molecule has 3 nitrogen and oxygen atoms in total. The average molecular weight is 197 g/mol. The third-order valence-corrected chi connectivity index (χ3v) is 2.89. The van der Waals surface area contributed by atoms with Crippen molar-refractivity contribution in [1.29, 1.82) is 0 Å². The lowest BCUT2D eigenvalue weighted by Gasteiger charge is -2.32. The van der Waals surface area contributed by atoms with Gasteiger partial charge in [-0.2, -0.15) is 0 Å². The highest BCUT2D eigenvalue weighted by molar-refractivity contribution is 6.51. The molecule has 0 radical (unpaired) electrons. The summed E-state index contributed by atoms with van der Waals surface area (Å²) in [7, 11) is 1.70. The zero-order valence-electron chi connectivity index (χ0n) is 9.76. The molecule has 1 fully saturated rings. The molecular weight excluding hydrogens is 177 g/mol. The van der Waals surface area contributed by atoms with E-state index in [2.05, 4.69) is 33.0 Å². The van der Waals surface area contributed by atoms with Gasteiger partial charge in [-0.25, -0.2) is 0 Å². The van der Waals surface area contributed by atoms with E-state index in [1.54, 1.807) is 0 Å². The molecular formula is C10H20BNO2. The first kappa shape index (κ1) is 11.8. The van der Waals surface area contributed by atoms with Crippen molar-refractivity contribution >= 4 is 7.12 Å². The largest absolute Gasteiger partial charge is 0.486 e. The first-order valence-corrected chi connectivity index (χ1v) is 5.06. The minimum absolute atomic E-state index is 0.214. The van der Waals surface area contributed by atoms with E-state index in [1.807, 2.05) is 19.1 Å². The Balaban J connectivity index is 2.55. The maximum atomic E-state index is 5.77. The summed E-state index contributed by atoms with van der Waals surface area (Å²) in [6.45, 7) is 9.06. The molecule has 0 saturated carbocycles. The molecule has 4 heteroatoms. The zero-order valence-corrected chi connectivity index (χ0v) is 9.76. The number of hydrogen-bond acceptors (Lipinski definition) is 3. The maximum absolute atomic E-state index is 5.77. The van der Waals surface area contributed by atoms with Gasteiger partial charge in [-0.1, -0.05) is 12.1 Å². The highest BCUT2D eigenvalue weighted by Gasteiger charge is 2.49. The third-order valence-electron chi connectivity index (χ3n) is 2.89. The lowest BCUT2D eigenvalue weighted by molar-refractivity contribution is 0.00578. The van der Waals surface area contributed by atoms with E-state index >= 15 is 0 Å². The van der Waals surface area contributed by atoms with Crippen LogP contribution in [0.15, 0.2) is 12.1 Å². The smallest absolute Gasteiger partial charge is 0.400 e. The van der Waals surface area contributed by atoms with Gasteiger partial charge >= 0.3 is 7.12 Å². The van der Waals surface area contributed by atoms with Gasteiger partial charge in [0.25, 0.3) is 0 Å². The van der Waals surface area contributed by atoms with E-state index in [9.17, 15) is 0 Å². The molecule has 0 amide bonds. The molecule has 1 saturated heterocycles. The molecule has 0 aromatic rings. The Morgan fingerprint density at radius 1 is 1.14 bits per heavy atom. The summed E-state index contributed by atoms with van der Waals surface area (Å²) in [5, 5.41) is 3.04. The van der Waals surface area contributed by atoms with Crippen molar-refractivity contribution in [3.63, 3.8) is 0 Å². The maximum Gasteiger partial charge on any atom is 0.486 e. The molecule has 0 spiro atoms. The van der Waals surface area contributed by atoms with Gasteiger partial charge in [-0.15, -0.1) is 0 Å². The zero-order chi connectivity index (χ0) is 10.8. The van der Waals surface area contributed by atoms with Gasteiger partial charge in [-0.3, -0.25) is 0 Å². The fourth-order valence-corrected chi connectivity index (χ4v) is 1.26. The molecule has 1 aliphatic heterocycles. The van der Waals surface area contributed by atoms with Crippen molar-refractivity contribution in [2.45, 2.75) is 38.9 Å². The highest BCUT2D eigenvalue weighted by Crippen LogP contribution is 2.36. The molecule has 0 aromatic heterocycles. The van der Waals surface area contributed by atoms with Gasteiger partial charge in [-0.05, 0) is 34.7 Å². The predicted octanol–water partition coefficient (Wildman–Crippen LogP) is 1.39. The van der Waals surface area contributed by atoms with Crippen LogP contribution in [-0.2, 0) is 9.31 Å². The van der Waals surface area contributed by atoms with Crippen molar-refractivity contribution in [2.24, 2.45) is 0 Å². The minimum atomic E-state index is -0.234. The number of nitrogens with one attached hydrogen (secondary N) is 1. The van der Waals surface area contributed by atoms with Gasteiger partial charge in [0.1, 0.15) is 0 Å². The monoisotopic (exact) mass is 197 g/mol. The quantitative estimate of drug-likeness (QED) is 0.693. The van der Waals surface area contributed by atoms with Crippen molar-refractivity contribution in [3.05, 3.63) is 12.1 Å². The van der Waals surface area contributed by atoms with E-state index in [0.29, 0.717) is 0 Å². The molecule has 80 valence electrons. The van der Waals surface area contributed by atoms with E-state index in [0.717, 1.165) is 6.54 Å². The van der Waals surface area contributed by atoms with E-state index in [-0.39, 0.29) is 18.3 Å². The standard InChI is InChI=1S/C10H20BNO2/c1-9(2)10(3,4)14-11(13-9)7-6-8-12-5/h6-7,12H,8H2,1-5H3/b7-6+. The summed E-state index contributed by atoms with van der Waals surface area (Å²) in [6.07, 6.45) is 2.02. The van der Waals surface area contributed by atoms with Gasteiger partial charge in [0.15, 0.2) is 0 Å². The van der Waals surface area contributed by atoms with Crippen LogP contribution in [-0.4, -0.2) is 31.9 Å². The number of likely N-dealkylation sites (N-methyl/N-ethyl adjacent to an activating group) is 1. The Kier molecular flexibility index (Phi) is 3.40. The molecule has 0 aliphatic carbocycles. The van der Waals surface area contributed by atoms with Crippen molar-refractivity contribution < 1.29 is 9.31 Å². The summed E-state index contributed by atoms with van der Waals surface area (Å²) in [5.74, 6) is 1.95. The molecule has 0 atom stereocenters. The topological polar surface area (TPSA) is 30.5 Å². The van der Waals surface area contributed by atoms with Crippen LogP contribution in [0.1, 0.15) is 27.7 Å². The van der Waals surface area contributed by atoms with Crippen molar-refractivity contribution in [3.8, 4) is 0 Å². The van der Waals surface area contributed by atoms with Crippen LogP contribution in [0.25, 0.3) is 0 Å². The Morgan fingerprint density at radius 3 is 2.07 bits per heavy atom. The van der Waals surface area contributed by atoms with Crippen LogP contribution in [0, 0.1) is 0 Å². The summed E-state index contributed by atoms with van der Waals surface area (Å²) in [4.78, 5) is 0. The Morgan fingerprint density at radius 2 is 1.64 bits per heavy atom. The molecule has 1 aliphatic rings. The fraction of sp³-hybridized carbons (Fsp3) is 0.800. The normalized spacial score (nSPS) is 24.8. The summed E-state index contributed by atoms with van der Waals surface area (Å²) in [5.41, 5.74) is -0.469. The van der Waals surface area contributed by atoms with Gasteiger partial charge in [0.05, 0.1) is 11.2 Å². The van der Waals surface area contributed by atoms with Crippen LogP contribution in [0.2, 0.25) is 0 Å². The molecule has 0 bridgehead atoms. The van der Waals surface area contributed by atoms with Crippen LogP contribution in [0.3, 0.4) is 0 Å². The molecule has 1 heterocycles. The van der Waals surface area contributed by atoms with Crippen LogP contribution in [0.4, 0.5) is 0 Å². The lowest BCUT2D eigenvalue weighted by atomic mass is 9.90. The number of hydrogen-bond donors (Lipinski definition) is 1. The molecule has 0 aromatic carbocycles. The van der Waals surface area contributed by atoms with Crippen molar-refractivity contribution in [1.82, 2.24) is 5.32 Å². The van der Waals surface area contributed by atoms with Crippen LogP contribution in [0.5, 0.6) is 0 Å². The first-order chi connectivity index (χ1) is 6.39. The van der Waals surface area contributed by atoms with E-state index < -0.39 is 0 Å². The molecule has 1 N–H and O–H groups in total. The summed E-state index contributed by atoms with van der Waals surface area (Å²) >= 11 is 0. The third kappa shape index (κ3) is 2.38. The second kappa shape index (κ2) is 4.05. The molecule has 1 rings (SSSR count). The van der Waals surface area contributed by atoms with Gasteiger partial charge in [0.2, 0.25) is 0 Å².